The third kappa shape index (κ3) is 1.90. The van der Waals surface area contributed by atoms with Gasteiger partial charge in [-0.1, -0.05) is 60.7 Å². The van der Waals surface area contributed by atoms with Crippen molar-refractivity contribution in [2.24, 2.45) is 0 Å². The largest absolute Gasteiger partial charge is 0.298 e. The lowest BCUT2D eigenvalue weighted by Gasteiger charge is -2.15. The first-order valence-electron chi connectivity index (χ1n) is 7.12. The molecule has 3 aromatic rings. The van der Waals surface area contributed by atoms with Gasteiger partial charge in [0.2, 0.25) is 0 Å². The molecule has 0 aliphatic heterocycles. The van der Waals surface area contributed by atoms with Gasteiger partial charge in [-0.25, -0.2) is 0 Å². The second kappa shape index (κ2) is 4.71. The minimum Gasteiger partial charge on any atom is -0.298 e. The number of benzene rings is 3. The molecule has 0 saturated carbocycles. The van der Waals surface area contributed by atoms with Gasteiger partial charge in [0.15, 0.2) is 0 Å². The van der Waals surface area contributed by atoms with E-state index in [9.17, 15) is 4.79 Å². The highest BCUT2D eigenvalue weighted by Crippen LogP contribution is 2.37. The van der Waals surface area contributed by atoms with Crippen LogP contribution in [-0.2, 0) is 0 Å². The predicted octanol–water partition coefficient (Wildman–Crippen LogP) is 4.81. The summed E-state index contributed by atoms with van der Waals surface area (Å²) in [4.78, 5) is 11.5. The standard InChI is InChI=1S/C20H14O/c21-13-17-11-15-6-1-2-7-16(15)12-20(17)19-10-9-14-5-3-4-8-18(14)19/h1-13,19H. The van der Waals surface area contributed by atoms with Gasteiger partial charge in [0.1, 0.15) is 6.29 Å². The van der Waals surface area contributed by atoms with E-state index in [1.807, 2.05) is 30.3 Å². The van der Waals surface area contributed by atoms with Crippen molar-refractivity contribution >= 4 is 23.1 Å². The lowest BCUT2D eigenvalue weighted by Crippen LogP contribution is -2.00. The van der Waals surface area contributed by atoms with E-state index in [1.54, 1.807) is 0 Å². The van der Waals surface area contributed by atoms with E-state index in [1.165, 1.54) is 16.5 Å². The average molecular weight is 270 g/mol. The Kier molecular flexibility index (Phi) is 2.71. The van der Waals surface area contributed by atoms with Gasteiger partial charge in [0.05, 0.1) is 0 Å². The van der Waals surface area contributed by atoms with Crippen molar-refractivity contribution in [2.45, 2.75) is 5.92 Å². The van der Waals surface area contributed by atoms with Crippen LogP contribution in [-0.4, -0.2) is 6.29 Å². The Bertz CT molecular complexity index is 874. The molecule has 0 spiro atoms. The molecule has 1 aliphatic carbocycles. The van der Waals surface area contributed by atoms with Crippen LogP contribution in [0.3, 0.4) is 0 Å². The summed E-state index contributed by atoms with van der Waals surface area (Å²) < 4.78 is 0. The molecule has 3 aromatic carbocycles. The SMILES string of the molecule is O=Cc1cc2ccccc2cc1C1C=Cc2ccccc21. The maximum atomic E-state index is 11.5. The first kappa shape index (κ1) is 12.1. The summed E-state index contributed by atoms with van der Waals surface area (Å²) in [5.41, 5.74) is 4.38. The van der Waals surface area contributed by atoms with Crippen LogP contribution in [0.15, 0.2) is 66.7 Å². The molecule has 1 nitrogen and oxygen atoms in total. The molecule has 0 aromatic heterocycles. The van der Waals surface area contributed by atoms with Crippen molar-refractivity contribution in [3.8, 4) is 0 Å². The molecule has 0 amide bonds. The quantitative estimate of drug-likeness (QED) is 0.611. The van der Waals surface area contributed by atoms with Crippen LogP contribution in [0.1, 0.15) is 33.0 Å². The molecule has 0 bridgehead atoms. The summed E-state index contributed by atoms with van der Waals surface area (Å²) in [6.45, 7) is 0. The smallest absolute Gasteiger partial charge is 0.150 e. The van der Waals surface area contributed by atoms with Crippen molar-refractivity contribution in [3.05, 3.63) is 89.0 Å². The number of allylic oxidation sites excluding steroid dienone is 1. The van der Waals surface area contributed by atoms with E-state index >= 15 is 0 Å². The molecule has 0 N–H and O–H groups in total. The van der Waals surface area contributed by atoms with E-state index in [0.29, 0.717) is 0 Å². The van der Waals surface area contributed by atoms with Crippen LogP contribution in [0.4, 0.5) is 0 Å². The Hall–Kier alpha value is -2.67. The minimum absolute atomic E-state index is 0.172. The third-order valence-electron chi connectivity index (χ3n) is 4.21. The Morgan fingerprint density at radius 3 is 2.33 bits per heavy atom. The van der Waals surface area contributed by atoms with Gasteiger partial charge in [0, 0.05) is 11.5 Å². The van der Waals surface area contributed by atoms with Crippen molar-refractivity contribution in [2.75, 3.05) is 0 Å². The molecule has 1 unspecified atom stereocenters. The number of carbonyl (C=O) groups is 1. The van der Waals surface area contributed by atoms with Gasteiger partial charge < -0.3 is 0 Å². The average Bonchev–Trinajstić information content (AvgIpc) is 2.97. The fourth-order valence-corrected chi connectivity index (χ4v) is 3.17. The molecule has 100 valence electrons. The molecule has 0 radical (unpaired) electrons. The second-order valence-electron chi connectivity index (χ2n) is 5.41. The highest BCUT2D eigenvalue weighted by Gasteiger charge is 2.21. The van der Waals surface area contributed by atoms with Gasteiger partial charge in [-0.3, -0.25) is 4.79 Å². The van der Waals surface area contributed by atoms with Crippen molar-refractivity contribution in [1.82, 2.24) is 0 Å². The predicted molar refractivity (Wildman–Crippen MR) is 86.7 cm³/mol. The number of carbonyl (C=O) groups excluding carboxylic acids is 1. The van der Waals surface area contributed by atoms with Crippen molar-refractivity contribution in [3.63, 3.8) is 0 Å². The second-order valence-corrected chi connectivity index (χ2v) is 5.41. The van der Waals surface area contributed by atoms with Crippen LogP contribution < -0.4 is 0 Å². The Morgan fingerprint density at radius 1 is 0.810 bits per heavy atom. The van der Waals surface area contributed by atoms with E-state index in [0.717, 1.165) is 22.8 Å². The molecule has 1 atom stereocenters. The highest BCUT2D eigenvalue weighted by atomic mass is 16.1. The normalized spacial score (nSPS) is 16.1. The molecule has 1 heteroatoms. The molecular formula is C20H14O. The monoisotopic (exact) mass is 270 g/mol. The molecule has 0 heterocycles. The maximum absolute atomic E-state index is 11.5. The lowest BCUT2D eigenvalue weighted by molar-refractivity contribution is 0.112. The fraction of sp³-hybridized carbons (Fsp3) is 0.0500. The van der Waals surface area contributed by atoms with Gasteiger partial charge >= 0.3 is 0 Å². The van der Waals surface area contributed by atoms with E-state index in [4.69, 9.17) is 0 Å². The summed E-state index contributed by atoms with van der Waals surface area (Å²) in [7, 11) is 0. The van der Waals surface area contributed by atoms with Crippen LogP contribution in [0.25, 0.3) is 16.8 Å². The van der Waals surface area contributed by atoms with Crippen LogP contribution in [0, 0.1) is 0 Å². The summed E-state index contributed by atoms with van der Waals surface area (Å²) in [5.74, 6) is 0.172. The Morgan fingerprint density at radius 2 is 1.52 bits per heavy atom. The molecule has 1 aliphatic rings. The summed E-state index contributed by atoms with van der Waals surface area (Å²) >= 11 is 0. The van der Waals surface area contributed by atoms with Crippen LogP contribution in [0.2, 0.25) is 0 Å². The Balaban J connectivity index is 1.95. The van der Waals surface area contributed by atoms with Crippen LogP contribution in [0.5, 0.6) is 0 Å². The van der Waals surface area contributed by atoms with E-state index < -0.39 is 0 Å². The van der Waals surface area contributed by atoms with Crippen LogP contribution >= 0.6 is 0 Å². The van der Waals surface area contributed by atoms with Gasteiger partial charge in [-0.2, -0.15) is 0 Å². The zero-order valence-electron chi connectivity index (χ0n) is 11.5. The topological polar surface area (TPSA) is 17.1 Å². The molecule has 0 saturated heterocycles. The van der Waals surface area contributed by atoms with Crippen molar-refractivity contribution < 1.29 is 4.79 Å². The number of fused-ring (bicyclic) bond motifs is 2. The highest BCUT2D eigenvalue weighted by molar-refractivity contribution is 5.91. The van der Waals surface area contributed by atoms with Gasteiger partial charge in [0.25, 0.3) is 0 Å². The van der Waals surface area contributed by atoms with Gasteiger partial charge in [-0.15, -0.1) is 0 Å². The third-order valence-corrected chi connectivity index (χ3v) is 4.21. The van der Waals surface area contributed by atoms with Gasteiger partial charge in [-0.05, 0) is 39.6 Å². The summed E-state index contributed by atoms with van der Waals surface area (Å²) in [6.07, 6.45) is 5.29. The zero-order valence-corrected chi connectivity index (χ0v) is 11.5. The molecular weight excluding hydrogens is 256 g/mol. The first-order valence-corrected chi connectivity index (χ1v) is 7.12. The molecule has 4 rings (SSSR count). The minimum atomic E-state index is 0.172. The summed E-state index contributed by atoms with van der Waals surface area (Å²) in [5, 5.41) is 2.29. The summed E-state index contributed by atoms with van der Waals surface area (Å²) in [6, 6.07) is 20.7. The zero-order chi connectivity index (χ0) is 14.2. The number of hydrogen-bond acceptors (Lipinski definition) is 1. The molecule has 21 heavy (non-hydrogen) atoms. The fourth-order valence-electron chi connectivity index (χ4n) is 3.17. The number of aldehydes is 1. The van der Waals surface area contributed by atoms with Crippen molar-refractivity contribution in [1.29, 1.82) is 0 Å². The Labute approximate surface area is 123 Å². The van der Waals surface area contributed by atoms with E-state index in [-0.39, 0.29) is 5.92 Å². The van der Waals surface area contributed by atoms with E-state index in [2.05, 4.69) is 42.5 Å². The molecule has 0 fully saturated rings. The number of rotatable bonds is 2. The number of hydrogen-bond donors (Lipinski definition) is 0. The maximum Gasteiger partial charge on any atom is 0.150 e. The lowest BCUT2D eigenvalue weighted by atomic mass is 9.88. The first-order chi connectivity index (χ1) is 10.4.